The minimum Gasteiger partial charge on any atom is -0.465 e. The summed E-state index contributed by atoms with van der Waals surface area (Å²) < 4.78 is 61.0. The van der Waals surface area contributed by atoms with Crippen LogP contribution < -0.4 is 10.6 Å². The summed E-state index contributed by atoms with van der Waals surface area (Å²) >= 11 is 0. The monoisotopic (exact) mass is 523 g/mol. The van der Waals surface area contributed by atoms with Crippen LogP contribution in [0.1, 0.15) is 30.0 Å². The molecule has 3 atom stereocenters. The Morgan fingerprint density at radius 3 is 2.49 bits per heavy atom. The normalized spacial score (nSPS) is 21.4. The van der Waals surface area contributed by atoms with Crippen molar-refractivity contribution < 1.29 is 46.6 Å². The molecule has 3 amide bonds. The van der Waals surface area contributed by atoms with Crippen LogP contribution in [0.25, 0.3) is 0 Å². The highest BCUT2D eigenvalue weighted by Crippen LogP contribution is 2.46. The number of alkyl halides is 3. The highest BCUT2D eigenvalue weighted by atomic mass is 19.4. The van der Waals surface area contributed by atoms with Crippen LogP contribution in [0.3, 0.4) is 0 Å². The lowest BCUT2D eigenvalue weighted by Gasteiger charge is -2.37. The van der Waals surface area contributed by atoms with E-state index in [1.165, 1.54) is 18.2 Å². The highest BCUT2D eigenvalue weighted by molar-refractivity contribution is 6.06. The van der Waals surface area contributed by atoms with Crippen LogP contribution in [0.15, 0.2) is 42.5 Å². The third kappa shape index (κ3) is 4.61. The predicted octanol–water partition coefficient (Wildman–Crippen LogP) is 3.71. The van der Waals surface area contributed by atoms with Crippen molar-refractivity contribution in [2.45, 2.75) is 49.7 Å². The zero-order valence-electron chi connectivity index (χ0n) is 19.3. The average Bonchev–Trinajstić information content (AvgIpc) is 3.29. The lowest BCUT2D eigenvalue weighted by atomic mass is 9.91. The molecule has 4 rings (SSSR count). The summed E-state index contributed by atoms with van der Waals surface area (Å²) in [6.07, 6.45) is -10.1. The fourth-order valence-electron chi connectivity index (χ4n) is 4.66. The molecule has 1 heterocycles. The fraction of sp³-hybridized carbons (Fsp3) is 0.333. The van der Waals surface area contributed by atoms with Gasteiger partial charge in [0.1, 0.15) is 11.4 Å². The Bertz CT molecular complexity index is 1270. The second-order valence-corrected chi connectivity index (χ2v) is 9.03. The molecule has 2 aliphatic rings. The number of ether oxygens (including phenoxy) is 1. The number of carboxylic acid groups (broad SMARTS) is 1. The van der Waals surface area contributed by atoms with E-state index in [9.17, 15) is 36.7 Å². The molecule has 2 aromatic carbocycles. The molecule has 196 valence electrons. The number of nitrogens with zero attached hydrogens (tertiary/aromatic N) is 1. The van der Waals surface area contributed by atoms with Crippen molar-refractivity contribution in [1.82, 2.24) is 10.2 Å². The number of fused-ring (bicyclic) bond motifs is 2. The zero-order chi connectivity index (χ0) is 27.2. The molecule has 0 aromatic heterocycles. The first-order chi connectivity index (χ1) is 17.3. The highest BCUT2D eigenvalue weighted by Gasteiger charge is 2.61. The fourth-order valence-corrected chi connectivity index (χ4v) is 4.66. The number of hydrogen-bond acceptors (Lipinski definition) is 6. The molecule has 0 radical (unpaired) electrons. The molecule has 0 bridgehead atoms. The number of carbonyl (C=O) groups excluding carboxylic acids is 3. The Morgan fingerprint density at radius 2 is 1.89 bits per heavy atom. The molecule has 2 aromatic rings. The van der Waals surface area contributed by atoms with Gasteiger partial charge in [-0.25, -0.2) is 18.9 Å². The number of aryl methyl sites for hydroxylation is 1. The van der Waals surface area contributed by atoms with Gasteiger partial charge in [-0.05, 0) is 55.2 Å². The molecule has 1 aliphatic heterocycles. The van der Waals surface area contributed by atoms with E-state index < -0.39 is 53.8 Å². The maximum absolute atomic E-state index is 14.1. The first-order valence-electron chi connectivity index (χ1n) is 11.0. The quantitative estimate of drug-likeness (QED) is 0.373. The van der Waals surface area contributed by atoms with Gasteiger partial charge < -0.3 is 9.84 Å². The van der Waals surface area contributed by atoms with Gasteiger partial charge in [-0.2, -0.15) is 13.2 Å². The van der Waals surface area contributed by atoms with E-state index in [2.05, 4.69) is 10.6 Å². The number of amides is 3. The lowest BCUT2D eigenvalue weighted by molar-refractivity contribution is -0.196. The standard InChI is InChI=1S/C24H21F4N3O6/c1-22(24(26,27)28,11-13-2-4-15(25)5-3-13)30-18(12-32)31-19(33)23(37-21(31)36)9-8-14-10-16(29-20(34)35)6-7-17(14)23/h2-7,10,12,18,29-30H,8-9,11H2,1H3,(H,34,35)/t18?,22-,23+/m0/s1. The largest absolute Gasteiger partial charge is 0.465 e. The summed E-state index contributed by atoms with van der Waals surface area (Å²) in [5, 5.41) is 13.1. The Kier molecular flexibility index (Phi) is 6.44. The van der Waals surface area contributed by atoms with Gasteiger partial charge in [-0.15, -0.1) is 0 Å². The van der Waals surface area contributed by atoms with E-state index in [1.807, 2.05) is 0 Å². The second kappa shape index (κ2) is 9.14. The van der Waals surface area contributed by atoms with Crippen molar-refractivity contribution >= 4 is 30.1 Å². The van der Waals surface area contributed by atoms with Gasteiger partial charge >= 0.3 is 18.4 Å². The molecule has 1 fully saturated rings. The SMILES string of the molecule is C[C@@](Cc1ccc(F)cc1)(NC(C=O)N1C(=O)O[C@@]2(CCc3cc(NC(=O)O)ccc32)C1=O)C(F)(F)F. The van der Waals surface area contributed by atoms with Gasteiger partial charge in [0.15, 0.2) is 12.5 Å². The Balaban J connectivity index is 1.63. The minimum absolute atomic E-state index is 0.00255. The maximum Gasteiger partial charge on any atom is 0.419 e. The average molecular weight is 523 g/mol. The van der Waals surface area contributed by atoms with Gasteiger partial charge in [0, 0.05) is 17.7 Å². The van der Waals surface area contributed by atoms with Crippen LogP contribution in [0.2, 0.25) is 0 Å². The summed E-state index contributed by atoms with van der Waals surface area (Å²) in [5.41, 5.74) is -3.59. The maximum atomic E-state index is 14.1. The van der Waals surface area contributed by atoms with Crippen LogP contribution in [-0.2, 0) is 32.8 Å². The Hall–Kier alpha value is -4.00. The summed E-state index contributed by atoms with van der Waals surface area (Å²) in [6.45, 7) is 0.760. The number of anilines is 1. The van der Waals surface area contributed by atoms with Crippen molar-refractivity contribution in [3.63, 3.8) is 0 Å². The number of carbonyl (C=O) groups is 4. The third-order valence-electron chi connectivity index (χ3n) is 6.53. The number of benzene rings is 2. The van der Waals surface area contributed by atoms with Gasteiger partial charge in [0.25, 0.3) is 5.91 Å². The van der Waals surface area contributed by atoms with Crippen molar-refractivity contribution in [1.29, 1.82) is 0 Å². The number of halogens is 4. The number of imide groups is 1. The number of aldehydes is 1. The molecule has 1 saturated heterocycles. The molecule has 0 saturated carbocycles. The van der Waals surface area contributed by atoms with Gasteiger partial charge in [-0.1, -0.05) is 18.2 Å². The number of rotatable bonds is 7. The Labute approximate surface area is 207 Å². The van der Waals surface area contributed by atoms with Crippen molar-refractivity contribution in [3.05, 3.63) is 65.0 Å². The van der Waals surface area contributed by atoms with Crippen molar-refractivity contribution in [2.75, 3.05) is 5.32 Å². The molecular formula is C24H21F4N3O6. The predicted molar refractivity (Wildman–Crippen MR) is 119 cm³/mol. The molecule has 9 nitrogen and oxygen atoms in total. The van der Waals surface area contributed by atoms with Gasteiger partial charge in [-0.3, -0.25) is 20.2 Å². The van der Waals surface area contributed by atoms with Crippen LogP contribution in [-0.4, -0.2) is 52.3 Å². The first-order valence-corrected chi connectivity index (χ1v) is 11.0. The smallest absolute Gasteiger partial charge is 0.419 e. The van der Waals surface area contributed by atoms with Crippen molar-refractivity contribution in [2.24, 2.45) is 0 Å². The van der Waals surface area contributed by atoms with E-state index in [1.54, 1.807) is 0 Å². The van der Waals surface area contributed by atoms with Gasteiger partial charge in [0.05, 0.1) is 0 Å². The van der Waals surface area contributed by atoms with E-state index in [0.717, 1.165) is 31.2 Å². The zero-order valence-corrected chi connectivity index (χ0v) is 19.3. The van der Waals surface area contributed by atoms with E-state index in [-0.39, 0.29) is 35.9 Å². The first kappa shape index (κ1) is 26.1. The Morgan fingerprint density at radius 1 is 1.22 bits per heavy atom. The molecular weight excluding hydrogens is 502 g/mol. The van der Waals surface area contributed by atoms with Crippen LogP contribution in [0, 0.1) is 5.82 Å². The molecule has 13 heteroatoms. The molecule has 3 N–H and O–H groups in total. The van der Waals surface area contributed by atoms with Crippen molar-refractivity contribution in [3.8, 4) is 0 Å². The lowest BCUT2D eigenvalue weighted by Crippen LogP contribution is -2.64. The van der Waals surface area contributed by atoms with E-state index in [4.69, 9.17) is 9.84 Å². The third-order valence-corrected chi connectivity index (χ3v) is 6.53. The van der Waals surface area contributed by atoms with Crippen LogP contribution >= 0.6 is 0 Å². The minimum atomic E-state index is -4.94. The van der Waals surface area contributed by atoms with Crippen LogP contribution in [0.4, 0.5) is 32.8 Å². The van der Waals surface area contributed by atoms with Crippen LogP contribution in [0.5, 0.6) is 0 Å². The summed E-state index contributed by atoms with van der Waals surface area (Å²) in [4.78, 5) is 49.4. The van der Waals surface area contributed by atoms with E-state index >= 15 is 0 Å². The molecule has 1 unspecified atom stereocenters. The van der Waals surface area contributed by atoms with Gasteiger partial charge in [0.2, 0.25) is 5.60 Å². The summed E-state index contributed by atoms with van der Waals surface area (Å²) in [6, 6.07) is 8.49. The summed E-state index contributed by atoms with van der Waals surface area (Å²) in [7, 11) is 0. The molecule has 1 aliphatic carbocycles. The molecule has 1 spiro atoms. The second-order valence-electron chi connectivity index (χ2n) is 9.03. The summed E-state index contributed by atoms with van der Waals surface area (Å²) in [5.74, 6) is -1.67. The molecule has 37 heavy (non-hydrogen) atoms. The van der Waals surface area contributed by atoms with E-state index in [0.29, 0.717) is 10.5 Å². The number of nitrogens with one attached hydrogen (secondary N) is 2. The number of hydrogen-bond donors (Lipinski definition) is 3. The topological polar surface area (TPSA) is 125 Å².